The van der Waals surface area contributed by atoms with E-state index < -0.39 is 28.9 Å². The summed E-state index contributed by atoms with van der Waals surface area (Å²) in [5, 5.41) is 0. The quantitative estimate of drug-likeness (QED) is 0.148. The summed E-state index contributed by atoms with van der Waals surface area (Å²) in [5.41, 5.74) is 2.21. The van der Waals surface area contributed by atoms with Gasteiger partial charge < -0.3 is 19.6 Å². The van der Waals surface area contributed by atoms with Crippen molar-refractivity contribution in [1.82, 2.24) is 0 Å². The molecule has 0 spiro atoms. The van der Waals surface area contributed by atoms with E-state index in [1.54, 1.807) is 18.9 Å². The molecule has 0 N–H and O–H groups in total. The first-order valence-electron chi connectivity index (χ1n) is 12.6. The SMILES string of the molecule is CC1C(C)C(C)C([Si](C)(CCCCCCOC(C)(C)C)C2CCCC2)C1C.[CH3-].[CH3-].[Cl][Zr+2][Cl]. The third-order valence-corrected chi connectivity index (χ3v) is 15.3. The Bertz CT molecular complexity index is 453. The Labute approximate surface area is 223 Å². The van der Waals surface area contributed by atoms with Gasteiger partial charge in [-0.25, -0.2) is 0 Å². The van der Waals surface area contributed by atoms with E-state index in [0.717, 1.165) is 41.4 Å². The van der Waals surface area contributed by atoms with Crippen LogP contribution >= 0.6 is 17.0 Å². The molecule has 5 heteroatoms. The third kappa shape index (κ3) is 10.7. The Kier molecular flexibility index (Phi) is 19.2. The van der Waals surface area contributed by atoms with Gasteiger partial charge in [0.2, 0.25) is 0 Å². The van der Waals surface area contributed by atoms with E-state index in [1.165, 1.54) is 38.5 Å². The van der Waals surface area contributed by atoms with E-state index in [9.17, 15) is 0 Å². The second-order valence-electron chi connectivity index (χ2n) is 11.6. The molecule has 0 amide bonds. The molecule has 2 rings (SSSR count). The molecule has 0 heterocycles. The molecule has 0 aromatic heterocycles. The van der Waals surface area contributed by atoms with Gasteiger partial charge in [-0.2, -0.15) is 0 Å². The Morgan fingerprint density at radius 2 is 1.25 bits per heavy atom. The van der Waals surface area contributed by atoms with Gasteiger partial charge in [-0.3, -0.25) is 0 Å². The van der Waals surface area contributed by atoms with Gasteiger partial charge in [-0.05, 0) is 61.9 Å². The minimum atomic E-state index is -1.22. The van der Waals surface area contributed by atoms with E-state index in [4.69, 9.17) is 21.8 Å². The fraction of sp³-hybridized carbons (Fsp3) is 0.926. The normalized spacial score (nSPS) is 29.8. The number of unbranched alkanes of at least 4 members (excludes halogenated alkanes) is 3. The number of halogens is 2. The first-order chi connectivity index (χ1) is 14.0. The Hall–Kier alpha value is 1.64. The van der Waals surface area contributed by atoms with Gasteiger partial charge >= 0.3 is 37.9 Å². The molecule has 2 saturated carbocycles. The van der Waals surface area contributed by atoms with Crippen molar-refractivity contribution in [1.29, 1.82) is 0 Å². The van der Waals surface area contributed by atoms with Crippen LogP contribution in [0.4, 0.5) is 0 Å². The second-order valence-corrected chi connectivity index (χ2v) is 20.4. The number of hydrogen-bond donors (Lipinski definition) is 0. The van der Waals surface area contributed by atoms with Crippen LogP contribution in [0.25, 0.3) is 0 Å². The van der Waals surface area contributed by atoms with Crippen molar-refractivity contribution < 1.29 is 25.6 Å². The van der Waals surface area contributed by atoms with Crippen molar-refractivity contribution in [2.45, 2.75) is 129 Å². The first kappa shape index (κ1) is 35.8. The first-order valence-corrected chi connectivity index (χ1v) is 21.8. The van der Waals surface area contributed by atoms with Crippen molar-refractivity contribution in [2.24, 2.45) is 23.7 Å². The van der Waals surface area contributed by atoms with E-state index in [-0.39, 0.29) is 20.5 Å². The van der Waals surface area contributed by atoms with Crippen LogP contribution in [0.1, 0.15) is 99.8 Å². The van der Waals surface area contributed by atoms with Crippen LogP contribution in [0.2, 0.25) is 23.7 Å². The van der Waals surface area contributed by atoms with E-state index >= 15 is 0 Å². The topological polar surface area (TPSA) is 9.23 Å². The average molecular weight is 587 g/mol. The van der Waals surface area contributed by atoms with Gasteiger partial charge in [-0.15, -0.1) is 0 Å². The molecular formula is C27H56Cl2OSiZr. The van der Waals surface area contributed by atoms with Crippen LogP contribution < -0.4 is 0 Å². The summed E-state index contributed by atoms with van der Waals surface area (Å²) in [6, 6.07) is 1.59. The standard InChI is InChI=1S/C25H50OSi.2CH3.2ClH.Zr/c1-19-20(2)22(4)24(21(19)3)27(8,23-15-11-12-16-23)18-14-10-9-13-17-26-25(5,6)7;;;;;/h19-24H,9-18H2,1-8H3;2*1H3;2*1H;/q;2*-1;;;+4/p-2. The molecule has 2 aliphatic rings. The summed E-state index contributed by atoms with van der Waals surface area (Å²) in [6.45, 7) is 20.6. The average Bonchev–Trinajstić information content (AvgIpc) is 3.26. The Balaban J connectivity index is 0. The molecule has 0 aromatic rings. The fourth-order valence-electron chi connectivity index (χ4n) is 6.86. The zero-order chi connectivity index (χ0) is 22.9. The molecule has 5 atom stereocenters. The van der Waals surface area contributed by atoms with Crippen LogP contribution in [0.15, 0.2) is 0 Å². The third-order valence-electron chi connectivity index (χ3n) is 8.82. The van der Waals surface area contributed by atoms with Gasteiger partial charge in [0.05, 0.1) is 13.7 Å². The van der Waals surface area contributed by atoms with Gasteiger partial charge in [0, 0.05) is 6.61 Å². The number of hydrogen-bond acceptors (Lipinski definition) is 1. The predicted octanol–water partition coefficient (Wildman–Crippen LogP) is 10.6. The predicted molar refractivity (Wildman–Crippen MR) is 148 cm³/mol. The van der Waals surface area contributed by atoms with Crippen molar-refractivity contribution in [3.63, 3.8) is 0 Å². The van der Waals surface area contributed by atoms with E-state index in [2.05, 4.69) is 55.0 Å². The van der Waals surface area contributed by atoms with Crippen molar-refractivity contribution >= 4 is 25.1 Å². The summed E-state index contributed by atoms with van der Waals surface area (Å²) in [6.07, 6.45) is 11.6. The maximum atomic E-state index is 5.90. The zero-order valence-corrected chi connectivity index (χ0v) is 28.2. The molecule has 0 radical (unpaired) electrons. The summed E-state index contributed by atoms with van der Waals surface area (Å²) in [4.78, 5) is 0. The van der Waals surface area contributed by atoms with Crippen molar-refractivity contribution in [2.75, 3.05) is 6.61 Å². The molecule has 0 saturated heterocycles. The molecule has 32 heavy (non-hydrogen) atoms. The van der Waals surface area contributed by atoms with Crippen molar-refractivity contribution in [3.05, 3.63) is 14.9 Å². The molecule has 2 aliphatic carbocycles. The van der Waals surface area contributed by atoms with Crippen LogP contribution in [-0.4, -0.2) is 20.3 Å². The summed E-state index contributed by atoms with van der Waals surface area (Å²) in [5.74, 6) is 3.75. The Morgan fingerprint density at radius 3 is 1.69 bits per heavy atom. The molecule has 1 nitrogen and oxygen atoms in total. The fourth-order valence-corrected chi connectivity index (χ4v) is 13.9. The maximum absolute atomic E-state index is 5.90. The number of ether oxygens (including phenoxy) is 1. The monoisotopic (exact) mass is 584 g/mol. The van der Waals surface area contributed by atoms with Gasteiger partial charge in [0.15, 0.2) is 0 Å². The molecular weight excluding hydrogens is 531 g/mol. The Morgan fingerprint density at radius 1 is 0.812 bits per heavy atom. The van der Waals surface area contributed by atoms with Gasteiger partial charge in [0.25, 0.3) is 0 Å². The zero-order valence-electron chi connectivity index (χ0n) is 23.2. The summed E-state index contributed by atoms with van der Waals surface area (Å²) in [7, 11) is 8.65. The van der Waals surface area contributed by atoms with Crippen LogP contribution in [-0.2, 0) is 25.6 Å². The van der Waals surface area contributed by atoms with Crippen LogP contribution in [0.5, 0.6) is 0 Å². The molecule has 0 bridgehead atoms. The molecule has 2 fully saturated rings. The number of rotatable bonds is 9. The van der Waals surface area contributed by atoms with Gasteiger partial charge in [-0.1, -0.05) is 85.2 Å². The summed E-state index contributed by atoms with van der Waals surface area (Å²) >= 11 is -0.826. The van der Waals surface area contributed by atoms with E-state index in [0.29, 0.717) is 0 Å². The molecule has 0 aromatic carbocycles. The van der Waals surface area contributed by atoms with Crippen molar-refractivity contribution in [3.8, 4) is 0 Å². The molecule has 192 valence electrons. The van der Waals surface area contributed by atoms with E-state index in [1.807, 2.05) is 0 Å². The minimum absolute atomic E-state index is 0. The van der Waals surface area contributed by atoms with Crippen LogP contribution in [0.3, 0.4) is 0 Å². The molecule has 0 aliphatic heterocycles. The molecule has 5 unspecified atom stereocenters. The summed E-state index contributed by atoms with van der Waals surface area (Å²) < 4.78 is 5.90. The van der Waals surface area contributed by atoms with Crippen LogP contribution in [0, 0.1) is 38.5 Å². The van der Waals surface area contributed by atoms with Gasteiger partial charge in [0.1, 0.15) is 0 Å². The second kappa shape index (κ2) is 17.2.